The van der Waals surface area contributed by atoms with E-state index in [-0.39, 0.29) is 5.97 Å². The highest BCUT2D eigenvalue weighted by Crippen LogP contribution is 2.09. The Morgan fingerprint density at radius 3 is 2.54 bits per heavy atom. The summed E-state index contributed by atoms with van der Waals surface area (Å²) in [5, 5.41) is 0. The lowest BCUT2D eigenvalue weighted by molar-refractivity contribution is -0.140. The first kappa shape index (κ1) is 10.1. The summed E-state index contributed by atoms with van der Waals surface area (Å²) in [5.41, 5.74) is 1.13. The van der Waals surface area contributed by atoms with Crippen molar-refractivity contribution in [2.24, 2.45) is 0 Å². The molecule has 0 saturated heterocycles. The Morgan fingerprint density at radius 1 is 1.38 bits per heavy atom. The van der Waals surface area contributed by atoms with Crippen molar-refractivity contribution >= 4 is 18.6 Å². The van der Waals surface area contributed by atoms with Gasteiger partial charge in [0.1, 0.15) is 0 Å². The fraction of sp³-hybridized carbons (Fsp3) is 0.300. The summed E-state index contributed by atoms with van der Waals surface area (Å²) in [6.45, 7) is 0. The molecular formula is C10H12O2S. The van der Waals surface area contributed by atoms with Crippen molar-refractivity contribution in [3.8, 4) is 0 Å². The molecule has 0 saturated carbocycles. The third kappa shape index (κ3) is 3.51. The van der Waals surface area contributed by atoms with Crippen LogP contribution in [0.25, 0.3) is 0 Å². The summed E-state index contributed by atoms with van der Waals surface area (Å²) in [7, 11) is 1.40. The van der Waals surface area contributed by atoms with Crippen molar-refractivity contribution in [2.75, 3.05) is 7.11 Å². The zero-order valence-corrected chi connectivity index (χ0v) is 8.38. The number of hydrogen-bond donors (Lipinski definition) is 1. The Labute approximate surface area is 83.3 Å². The second-order valence-corrected chi connectivity index (χ2v) is 3.26. The molecule has 0 amide bonds. The molecule has 0 aliphatic rings. The van der Waals surface area contributed by atoms with Crippen LogP contribution in [0.15, 0.2) is 29.2 Å². The Bertz CT molecular complexity index is 279. The van der Waals surface area contributed by atoms with Gasteiger partial charge in [-0.05, 0) is 24.1 Å². The van der Waals surface area contributed by atoms with Crippen LogP contribution in [0.4, 0.5) is 0 Å². The monoisotopic (exact) mass is 196 g/mol. The molecule has 0 aliphatic carbocycles. The number of methoxy groups -OCH3 is 1. The van der Waals surface area contributed by atoms with E-state index in [1.54, 1.807) is 0 Å². The van der Waals surface area contributed by atoms with E-state index in [1.807, 2.05) is 24.3 Å². The van der Waals surface area contributed by atoms with E-state index in [2.05, 4.69) is 17.4 Å². The topological polar surface area (TPSA) is 26.3 Å². The number of hydrogen-bond acceptors (Lipinski definition) is 3. The van der Waals surface area contributed by atoms with Gasteiger partial charge in [-0.15, -0.1) is 12.6 Å². The number of aryl methyl sites for hydroxylation is 1. The summed E-state index contributed by atoms with van der Waals surface area (Å²) in [4.78, 5) is 11.7. The minimum atomic E-state index is -0.171. The largest absolute Gasteiger partial charge is 0.469 e. The molecule has 0 aromatic heterocycles. The average molecular weight is 196 g/mol. The van der Waals surface area contributed by atoms with Crippen molar-refractivity contribution in [1.29, 1.82) is 0 Å². The normalized spacial score (nSPS) is 9.69. The Hall–Kier alpha value is -0.960. The first-order valence-corrected chi connectivity index (χ1v) is 4.52. The molecule has 70 valence electrons. The number of carbonyl (C=O) groups excluding carboxylic acids is 1. The number of rotatable bonds is 3. The standard InChI is InChI=1S/C10H12O2S/c1-12-10(11)7-4-8-2-5-9(13)6-3-8/h2-3,5-6,13H,4,7H2,1H3. The van der Waals surface area contributed by atoms with Crippen LogP contribution in [0, 0.1) is 0 Å². The highest BCUT2D eigenvalue weighted by molar-refractivity contribution is 7.80. The van der Waals surface area contributed by atoms with Gasteiger partial charge in [-0.3, -0.25) is 4.79 Å². The summed E-state index contributed by atoms with van der Waals surface area (Å²) in [5.74, 6) is -0.171. The van der Waals surface area contributed by atoms with Crippen molar-refractivity contribution in [3.05, 3.63) is 29.8 Å². The molecule has 1 rings (SSSR count). The van der Waals surface area contributed by atoms with Gasteiger partial charge >= 0.3 is 5.97 Å². The molecule has 0 unspecified atom stereocenters. The number of benzene rings is 1. The van der Waals surface area contributed by atoms with Crippen LogP contribution >= 0.6 is 12.6 Å². The fourth-order valence-corrected chi connectivity index (χ4v) is 1.16. The molecule has 0 spiro atoms. The molecule has 13 heavy (non-hydrogen) atoms. The van der Waals surface area contributed by atoms with Crippen LogP contribution in [-0.4, -0.2) is 13.1 Å². The first-order valence-electron chi connectivity index (χ1n) is 4.07. The van der Waals surface area contributed by atoms with E-state index >= 15 is 0 Å². The molecule has 0 atom stereocenters. The lowest BCUT2D eigenvalue weighted by Crippen LogP contribution is -2.01. The average Bonchev–Trinajstić information content (AvgIpc) is 2.16. The van der Waals surface area contributed by atoms with Gasteiger partial charge in [-0.1, -0.05) is 12.1 Å². The van der Waals surface area contributed by atoms with Crippen LogP contribution in [0.5, 0.6) is 0 Å². The zero-order valence-electron chi connectivity index (χ0n) is 7.49. The Balaban J connectivity index is 2.46. The van der Waals surface area contributed by atoms with Gasteiger partial charge in [0, 0.05) is 11.3 Å². The van der Waals surface area contributed by atoms with E-state index in [1.165, 1.54) is 7.11 Å². The molecule has 1 aromatic carbocycles. The predicted octanol–water partition coefficient (Wildman–Crippen LogP) is 2.08. The van der Waals surface area contributed by atoms with Gasteiger partial charge in [0.05, 0.1) is 7.11 Å². The maximum atomic E-state index is 10.8. The summed E-state index contributed by atoms with van der Waals surface area (Å²) < 4.78 is 4.54. The molecule has 0 bridgehead atoms. The van der Waals surface area contributed by atoms with Crippen LogP contribution < -0.4 is 0 Å². The van der Waals surface area contributed by atoms with E-state index < -0.39 is 0 Å². The first-order chi connectivity index (χ1) is 6.22. The molecule has 0 fully saturated rings. The lowest BCUT2D eigenvalue weighted by Gasteiger charge is -2.00. The van der Waals surface area contributed by atoms with E-state index in [0.29, 0.717) is 6.42 Å². The molecule has 0 heterocycles. The minimum Gasteiger partial charge on any atom is -0.469 e. The van der Waals surface area contributed by atoms with Gasteiger partial charge in [0.2, 0.25) is 0 Å². The van der Waals surface area contributed by atoms with Crippen LogP contribution in [0.3, 0.4) is 0 Å². The second-order valence-electron chi connectivity index (χ2n) is 2.74. The number of carbonyl (C=O) groups is 1. The fourth-order valence-electron chi connectivity index (χ4n) is 1.01. The van der Waals surface area contributed by atoms with Crippen LogP contribution in [0.2, 0.25) is 0 Å². The van der Waals surface area contributed by atoms with E-state index in [9.17, 15) is 4.79 Å². The van der Waals surface area contributed by atoms with Crippen molar-refractivity contribution in [3.63, 3.8) is 0 Å². The molecule has 1 aromatic rings. The number of thiol groups is 1. The third-order valence-electron chi connectivity index (χ3n) is 1.78. The van der Waals surface area contributed by atoms with E-state index in [0.717, 1.165) is 16.9 Å². The lowest BCUT2D eigenvalue weighted by atomic mass is 10.1. The molecule has 0 aliphatic heterocycles. The number of esters is 1. The highest BCUT2D eigenvalue weighted by Gasteiger charge is 2.00. The molecular weight excluding hydrogens is 184 g/mol. The summed E-state index contributed by atoms with van der Waals surface area (Å²) >= 11 is 4.17. The van der Waals surface area contributed by atoms with Gasteiger partial charge in [-0.2, -0.15) is 0 Å². The Kier molecular flexibility index (Phi) is 3.83. The van der Waals surface area contributed by atoms with Gasteiger partial charge in [0.25, 0.3) is 0 Å². The van der Waals surface area contributed by atoms with Crippen molar-refractivity contribution < 1.29 is 9.53 Å². The quantitative estimate of drug-likeness (QED) is 0.591. The van der Waals surface area contributed by atoms with Crippen molar-refractivity contribution in [1.82, 2.24) is 0 Å². The zero-order chi connectivity index (χ0) is 9.68. The van der Waals surface area contributed by atoms with Crippen LogP contribution in [-0.2, 0) is 16.0 Å². The molecule has 2 nitrogen and oxygen atoms in total. The third-order valence-corrected chi connectivity index (χ3v) is 2.08. The maximum absolute atomic E-state index is 10.8. The predicted molar refractivity (Wildman–Crippen MR) is 54.0 cm³/mol. The van der Waals surface area contributed by atoms with Crippen molar-refractivity contribution in [2.45, 2.75) is 17.7 Å². The van der Waals surface area contributed by atoms with E-state index in [4.69, 9.17) is 0 Å². The molecule has 0 N–H and O–H groups in total. The van der Waals surface area contributed by atoms with Gasteiger partial charge in [0.15, 0.2) is 0 Å². The molecule has 0 radical (unpaired) electrons. The highest BCUT2D eigenvalue weighted by atomic mass is 32.1. The Morgan fingerprint density at radius 2 is 2.00 bits per heavy atom. The SMILES string of the molecule is COC(=O)CCc1ccc(S)cc1. The maximum Gasteiger partial charge on any atom is 0.305 e. The molecule has 3 heteroatoms. The number of ether oxygens (including phenoxy) is 1. The minimum absolute atomic E-state index is 0.171. The summed E-state index contributed by atoms with van der Waals surface area (Å²) in [6.07, 6.45) is 1.16. The van der Waals surface area contributed by atoms with Gasteiger partial charge in [-0.25, -0.2) is 0 Å². The second kappa shape index (κ2) is 4.92. The summed E-state index contributed by atoms with van der Waals surface area (Å²) in [6, 6.07) is 7.75. The van der Waals surface area contributed by atoms with Gasteiger partial charge < -0.3 is 4.74 Å². The van der Waals surface area contributed by atoms with Crippen LogP contribution in [0.1, 0.15) is 12.0 Å². The smallest absolute Gasteiger partial charge is 0.305 e.